The molecule has 1 aromatic carbocycles. The van der Waals surface area contributed by atoms with Gasteiger partial charge in [0.1, 0.15) is 17.1 Å². The first-order valence-electron chi connectivity index (χ1n) is 8.59. The van der Waals surface area contributed by atoms with Crippen LogP contribution in [-0.2, 0) is 0 Å². The molecule has 3 heterocycles. The van der Waals surface area contributed by atoms with E-state index < -0.39 is 6.04 Å². The van der Waals surface area contributed by atoms with Crippen LogP contribution in [0.2, 0.25) is 10.0 Å². The summed E-state index contributed by atoms with van der Waals surface area (Å²) >= 11 is 12.3. The minimum absolute atomic E-state index is 0.104. The van der Waals surface area contributed by atoms with Crippen LogP contribution in [0, 0.1) is 6.92 Å². The number of anilines is 1. The topological polar surface area (TPSA) is 70.9 Å². The van der Waals surface area contributed by atoms with Crippen molar-refractivity contribution < 1.29 is 5.11 Å². The van der Waals surface area contributed by atoms with E-state index in [2.05, 4.69) is 20.3 Å². The average molecular weight is 411 g/mol. The number of pyridine rings is 3. The Bertz CT molecular complexity index is 1150. The molecule has 0 bridgehead atoms. The number of nitrogens with one attached hydrogen (secondary N) is 1. The largest absolute Gasteiger partial charge is 0.505 e. The average Bonchev–Trinajstić information content (AvgIpc) is 2.69. The van der Waals surface area contributed by atoms with Gasteiger partial charge in [-0.15, -0.1) is 0 Å². The molecule has 1 atom stereocenters. The first-order chi connectivity index (χ1) is 13.5. The van der Waals surface area contributed by atoms with Gasteiger partial charge in [0.2, 0.25) is 0 Å². The van der Waals surface area contributed by atoms with E-state index in [0.29, 0.717) is 26.9 Å². The van der Waals surface area contributed by atoms with Crippen molar-refractivity contribution in [3.63, 3.8) is 0 Å². The van der Waals surface area contributed by atoms with Gasteiger partial charge in [0.15, 0.2) is 0 Å². The lowest BCUT2D eigenvalue weighted by Gasteiger charge is -2.22. The van der Waals surface area contributed by atoms with Crippen molar-refractivity contribution in [1.82, 2.24) is 15.0 Å². The second-order valence-corrected chi connectivity index (χ2v) is 7.22. The highest BCUT2D eigenvalue weighted by atomic mass is 35.5. The van der Waals surface area contributed by atoms with Crippen molar-refractivity contribution in [1.29, 1.82) is 0 Å². The lowest BCUT2D eigenvalue weighted by atomic mass is 9.97. The minimum Gasteiger partial charge on any atom is -0.505 e. The van der Waals surface area contributed by atoms with Crippen LogP contribution in [0.4, 0.5) is 5.82 Å². The fraction of sp³-hybridized carbons (Fsp3) is 0.0952. The molecule has 4 rings (SSSR count). The van der Waals surface area contributed by atoms with E-state index in [-0.39, 0.29) is 5.75 Å². The number of hydrogen-bond donors (Lipinski definition) is 2. The zero-order valence-corrected chi connectivity index (χ0v) is 16.4. The Kier molecular flexibility index (Phi) is 5.03. The van der Waals surface area contributed by atoms with Crippen molar-refractivity contribution in [2.75, 3.05) is 5.32 Å². The fourth-order valence-corrected chi connectivity index (χ4v) is 3.50. The highest BCUT2D eigenvalue weighted by molar-refractivity contribution is 6.35. The molecule has 5 nitrogen and oxygen atoms in total. The molecule has 4 aromatic rings. The van der Waals surface area contributed by atoms with Crippen LogP contribution < -0.4 is 5.32 Å². The Morgan fingerprint density at radius 1 is 1.07 bits per heavy atom. The lowest BCUT2D eigenvalue weighted by molar-refractivity contribution is 0.471. The smallest absolute Gasteiger partial charge is 0.147 e. The number of aromatic nitrogens is 3. The van der Waals surface area contributed by atoms with Gasteiger partial charge in [-0.25, -0.2) is 9.97 Å². The summed E-state index contributed by atoms with van der Waals surface area (Å²) in [5.74, 6) is 0.559. The van der Waals surface area contributed by atoms with E-state index in [4.69, 9.17) is 23.2 Å². The van der Waals surface area contributed by atoms with Gasteiger partial charge in [-0.05, 0) is 30.7 Å². The van der Waals surface area contributed by atoms with Gasteiger partial charge in [-0.3, -0.25) is 4.98 Å². The van der Waals surface area contributed by atoms with Gasteiger partial charge in [0, 0.05) is 35.2 Å². The summed E-state index contributed by atoms with van der Waals surface area (Å²) in [7, 11) is 0. The molecule has 7 heteroatoms. The fourth-order valence-electron chi connectivity index (χ4n) is 3.06. The van der Waals surface area contributed by atoms with Crippen LogP contribution in [-0.4, -0.2) is 20.1 Å². The maximum atomic E-state index is 11.0. The summed E-state index contributed by atoms with van der Waals surface area (Å²) in [6.45, 7) is 1.89. The molecule has 0 aliphatic heterocycles. The highest BCUT2D eigenvalue weighted by Crippen LogP contribution is 2.37. The summed E-state index contributed by atoms with van der Waals surface area (Å²) < 4.78 is 0. The Hall–Kier alpha value is -2.89. The molecule has 0 fully saturated rings. The molecule has 0 aliphatic carbocycles. The summed E-state index contributed by atoms with van der Waals surface area (Å²) in [4.78, 5) is 13.0. The number of hydrogen-bond acceptors (Lipinski definition) is 5. The van der Waals surface area contributed by atoms with Crippen LogP contribution in [0.25, 0.3) is 10.9 Å². The third kappa shape index (κ3) is 3.59. The molecular formula is C21H16Cl2N4O. The predicted octanol–water partition coefficient (Wildman–Crippen LogP) is 5.55. The number of benzene rings is 1. The molecule has 2 N–H and O–H groups in total. The quantitative estimate of drug-likeness (QED) is 0.461. The normalized spacial score (nSPS) is 12.1. The number of rotatable bonds is 4. The van der Waals surface area contributed by atoms with Crippen molar-refractivity contribution in [3.8, 4) is 5.75 Å². The third-order valence-corrected chi connectivity index (χ3v) is 4.92. The molecule has 140 valence electrons. The van der Waals surface area contributed by atoms with Crippen LogP contribution in [0.15, 0.2) is 61.1 Å². The standard InChI is InChI=1S/C21H16Cl2N4O/c1-12-4-5-13-6-7-16(20(28)19(13)26-12)18(14-3-2-8-24-10-14)27-21-17(23)9-15(22)11-25-21/h2-11,18,28H,1H3,(H,25,27). The van der Waals surface area contributed by atoms with Gasteiger partial charge < -0.3 is 10.4 Å². The Labute approximate surface area is 172 Å². The van der Waals surface area contributed by atoms with Crippen molar-refractivity contribution in [3.05, 3.63) is 87.9 Å². The van der Waals surface area contributed by atoms with Gasteiger partial charge >= 0.3 is 0 Å². The van der Waals surface area contributed by atoms with Crippen LogP contribution in [0.1, 0.15) is 22.9 Å². The second kappa shape index (κ2) is 7.62. The van der Waals surface area contributed by atoms with Gasteiger partial charge in [-0.1, -0.05) is 47.5 Å². The first kappa shape index (κ1) is 18.5. The van der Waals surface area contributed by atoms with Crippen LogP contribution in [0.3, 0.4) is 0 Å². The number of aromatic hydroxyl groups is 1. The van der Waals surface area contributed by atoms with Gasteiger partial charge in [0.05, 0.1) is 16.1 Å². The van der Waals surface area contributed by atoms with Crippen LogP contribution in [0.5, 0.6) is 5.75 Å². The molecule has 0 saturated carbocycles. The van der Waals surface area contributed by atoms with Crippen molar-refractivity contribution >= 4 is 39.9 Å². The maximum absolute atomic E-state index is 11.0. The molecule has 0 saturated heterocycles. The number of nitrogens with zero attached hydrogens (tertiary/aromatic N) is 3. The first-order valence-corrected chi connectivity index (χ1v) is 9.35. The molecule has 0 aliphatic rings. The molecule has 1 unspecified atom stereocenters. The Balaban J connectivity index is 1.86. The number of fused-ring (bicyclic) bond motifs is 1. The summed E-state index contributed by atoms with van der Waals surface area (Å²) in [6.07, 6.45) is 4.94. The zero-order valence-electron chi connectivity index (χ0n) is 14.9. The highest BCUT2D eigenvalue weighted by Gasteiger charge is 2.21. The molecule has 0 amide bonds. The van der Waals surface area contributed by atoms with Gasteiger partial charge in [-0.2, -0.15) is 0 Å². The van der Waals surface area contributed by atoms with Gasteiger partial charge in [0.25, 0.3) is 0 Å². The zero-order chi connectivity index (χ0) is 19.7. The Morgan fingerprint density at radius 3 is 2.64 bits per heavy atom. The lowest BCUT2D eigenvalue weighted by Crippen LogP contribution is -2.14. The van der Waals surface area contributed by atoms with Crippen molar-refractivity contribution in [2.45, 2.75) is 13.0 Å². The third-order valence-electron chi connectivity index (χ3n) is 4.42. The van der Waals surface area contributed by atoms with Crippen LogP contribution >= 0.6 is 23.2 Å². The minimum atomic E-state index is -0.438. The van der Waals surface area contributed by atoms with E-state index in [1.807, 2.05) is 43.3 Å². The molecular weight excluding hydrogens is 395 g/mol. The predicted molar refractivity (Wildman–Crippen MR) is 112 cm³/mol. The molecule has 28 heavy (non-hydrogen) atoms. The number of phenols is 1. The summed E-state index contributed by atoms with van der Waals surface area (Å²) in [5, 5.41) is 16.0. The maximum Gasteiger partial charge on any atom is 0.147 e. The number of halogens is 2. The Morgan fingerprint density at radius 2 is 1.89 bits per heavy atom. The summed E-state index contributed by atoms with van der Waals surface area (Å²) in [6, 6.07) is 12.6. The van der Waals surface area contributed by atoms with E-state index >= 15 is 0 Å². The van der Waals surface area contributed by atoms with Crippen molar-refractivity contribution in [2.24, 2.45) is 0 Å². The monoisotopic (exact) mass is 410 g/mol. The SMILES string of the molecule is Cc1ccc2ccc(C(Nc3ncc(Cl)cc3Cl)c3cccnc3)c(O)c2n1. The van der Waals surface area contributed by atoms with E-state index in [9.17, 15) is 5.11 Å². The number of aryl methyl sites for hydroxylation is 1. The molecule has 0 spiro atoms. The van der Waals surface area contributed by atoms with E-state index in [0.717, 1.165) is 16.6 Å². The summed E-state index contributed by atoms with van der Waals surface area (Å²) in [5.41, 5.74) is 2.86. The van der Waals surface area contributed by atoms with E-state index in [1.165, 1.54) is 6.20 Å². The second-order valence-electron chi connectivity index (χ2n) is 6.38. The molecule has 0 radical (unpaired) electrons. The number of phenolic OH excluding ortho intramolecular Hbond substituents is 1. The van der Waals surface area contributed by atoms with E-state index in [1.54, 1.807) is 18.5 Å². The molecule has 3 aromatic heterocycles.